The fraction of sp³-hybridized carbons (Fsp3) is 0.632. The summed E-state index contributed by atoms with van der Waals surface area (Å²) < 4.78 is 0. The van der Waals surface area contributed by atoms with Crippen molar-refractivity contribution in [2.75, 3.05) is 13.1 Å². The molecule has 3 heterocycles. The average molecular weight is 370 g/mol. The molecule has 0 unspecified atom stereocenters. The number of rotatable bonds is 2. The van der Waals surface area contributed by atoms with E-state index in [1.54, 1.807) is 11.8 Å². The van der Waals surface area contributed by atoms with Gasteiger partial charge in [0, 0.05) is 12.1 Å². The molecule has 2 aliphatic carbocycles. The number of carbonyl (C=O) groups is 3. The molecule has 8 heteroatoms. The van der Waals surface area contributed by atoms with Crippen LogP contribution < -0.4 is 5.56 Å². The number of hydrogen-bond donors (Lipinski definition) is 1. The van der Waals surface area contributed by atoms with E-state index in [-0.39, 0.29) is 48.2 Å². The Bertz CT molecular complexity index is 895. The first-order chi connectivity index (χ1) is 12.9. The molecule has 1 saturated heterocycles. The predicted octanol–water partition coefficient (Wildman–Crippen LogP) is -0.00588. The maximum absolute atomic E-state index is 12.8. The summed E-state index contributed by atoms with van der Waals surface area (Å²) in [6.45, 7) is 2.15. The van der Waals surface area contributed by atoms with Crippen LogP contribution in [0.4, 0.5) is 0 Å². The summed E-state index contributed by atoms with van der Waals surface area (Å²) in [4.78, 5) is 60.1. The maximum Gasteiger partial charge on any atom is 0.254 e. The second-order valence-corrected chi connectivity index (χ2v) is 8.29. The lowest BCUT2D eigenvalue weighted by atomic mass is 9.81. The minimum Gasteiger partial charge on any atom is -0.335 e. The fourth-order valence-corrected chi connectivity index (χ4v) is 5.64. The molecule has 8 nitrogen and oxygen atoms in total. The number of amides is 3. The Balaban J connectivity index is 1.32. The van der Waals surface area contributed by atoms with Gasteiger partial charge in [-0.25, -0.2) is 4.98 Å². The number of nitrogens with zero attached hydrogens (tertiary/aromatic N) is 3. The predicted molar refractivity (Wildman–Crippen MR) is 93.2 cm³/mol. The van der Waals surface area contributed by atoms with Gasteiger partial charge in [0.15, 0.2) is 0 Å². The lowest BCUT2D eigenvalue weighted by Gasteiger charge is -2.29. The molecule has 4 aliphatic rings. The van der Waals surface area contributed by atoms with Gasteiger partial charge in [-0.1, -0.05) is 0 Å². The first-order valence-corrected chi connectivity index (χ1v) is 9.65. The first kappa shape index (κ1) is 16.6. The van der Waals surface area contributed by atoms with Crippen molar-refractivity contribution in [2.45, 2.75) is 39.2 Å². The van der Waals surface area contributed by atoms with Crippen molar-refractivity contribution in [3.63, 3.8) is 0 Å². The first-order valence-electron chi connectivity index (χ1n) is 9.65. The van der Waals surface area contributed by atoms with Crippen LogP contribution in [0.1, 0.15) is 36.3 Å². The van der Waals surface area contributed by atoms with E-state index in [0.29, 0.717) is 41.9 Å². The van der Waals surface area contributed by atoms with Crippen molar-refractivity contribution in [3.8, 4) is 0 Å². The third-order valence-electron chi connectivity index (χ3n) is 6.86. The van der Waals surface area contributed by atoms with E-state index < -0.39 is 0 Å². The van der Waals surface area contributed by atoms with Crippen LogP contribution in [0.2, 0.25) is 0 Å². The van der Waals surface area contributed by atoms with E-state index in [1.807, 2.05) is 0 Å². The summed E-state index contributed by atoms with van der Waals surface area (Å²) in [6.07, 6.45) is 3.46. The van der Waals surface area contributed by atoms with E-state index in [1.165, 1.54) is 4.90 Å². The van der Waals surface area contributed by atoms with Crippen LogP contribution in [0.15, 0.2) is 4.79 Å². The molecule has 0 aromatic carbocycles. The summed E-state index contributed by atoms with van der Waals surface area (Å²) in [5, 5.41) is 0. The van der Waals surface area contributed by atoms with Gasteiger partial charge < -0.3 is 9.88 Å². The number of nitrogens with one attached hydrogen (secondary N) is 1. The molecule has 3 amide bonds. The van der Waals surface area contributed by atoms with Crippen molar-refractivity contribution in [3.05, 3.63) is 27.4 Å². The van der Waals surface area contributed by atoms with Crippen LogP contribution in [0.25, 0.3) is 0 Å². The molecule has 3 fully saturated rings. The molecule has 1 N–H and O–H groups in total. The van der Waals surface area contributed by atoms with Gasteiger partial charge in [-0.05, 0) is 44.4 Å². The Morgan fingerprint density at radius 2 is 1.81 bits per heavy atom. The molecule has 0 radical (unpaired) electrons. The van der Waals surface area contributed by atoms with Gasteiger partial charge >= 0.3 is 0 Å². The summed E-state index contributed by atoms with van der Waals surface area (Å²) in [7, 11) is 0. The van der Waals surface area contributed by atoms with Gasteiger partial charge in [-0.15, -0.1) is 0 Å². The van der Waals surface area contributed by atoms with Gasteiger partial charge in [0.1, 0.15) is 12.4 Å². The van der Waals surface area contributed by atoms with Crippen LogP contribution in [0.3, 0.4) is 0 Å². The number of aromatic amines is 1. The smallest absolute Gasteiger partial charge is 0.254 e. The van der Waals surface area contributed by atoms with E-state index in [9.17, 15) is 19.2 Å². The molecule has 5 rings (SSSR count). The van der Waals surface area contributed by atoms with Crippen molar-refractivity contribution in [1.82, 2.24) is 19.8 Å². The summed E-state index contributed by atoms with van der Waals surface area (Å²) in [6, 6.07) is 0. The molecule has 0 spiro atoms. The number of likely N-dealkylation sites (tertiary alicyclic amines) is 1. The van der Waals surface area contributed by atoms with Crippen molar-refractivity contribution in [2.24, 2.45) is 23.7 Å². The van der Waals surface area contributed by atoms with E-state index >= 15 is 0 Å². The SMILES string of the molecule is Cc1nc2c(c(=O)[nH]1)CCN(C(=O)CN1C(=O)[C@@H]3[C@H]4CC[C@@H](C4)[C@H]3C1=O)C2. The lowest BCUT2D eigenvalue weighted by Crippen LogP contribution is -2.46. The molecule has 2 aliphatic heterocycles. The Kier molecular flexibility index (Phi) is 3.54. The quantitative estimate of drug-likeness (QED) is 0.738. The number of fused-ring (bicyclic) bond motifs is 6. The van der Waals surface area contributed by atoms with E-state index in [4.69, 9.17) is 0 Å². The Hall–Kier alpha value is -2.51. The Morgan fingerprint density at radius 3 is 2.48 bits per heavy atom. The second kappa shape index (κ2) is 5.74. The number of aryl methyl sites for hydroxylation is 1. The maximum atomic E-state index is 12.8. The second-order valence-electron chi connectivity index (χ2n) is 8.29. The van der Waals surface area contributed by atoms with Gasteiger partial charge in [0.05, 0.1) is 24.1 Å². The average Bonchev–Trinajstić information content (AvgIpc) is 3.31. The summed E-state index contributed by atoms with van der Waals surface area (Å²) in [5.41, 5.74) is 1.06. The molecule has 2 bridgehead atoms. The minimum absolute atomic E-state index is 0.155. The molecule has 4 atom stereocenters. The number of carbonyl (C=O) groups excluding carboxylic acids is 3. The third kappa shape index (κ3) is 2.38. The molecular formula is C19H22N4O4. The third-order valence-corrected chi connectivity index (χ3v) is 6.86. The topological polar surface area (TPSA) is 103 Å². The van der Waals surface area contributed by atoms with E-state index in [2.05, 4.69) is 9.97 Å². The zero-order chi connectivity index (χ0) is 18.9. The normalized spacial score (nSPS) is 31.4. The largest absolute Gasteiger partial charge is 0.335 e. The molecule has 27 heavy (non-hydrogen) atoms. The van der Waals surface area contributed by atoms with Crippen molar-refractivity contribution < 1.29 is 14.4 Å². The molecule has 142 valence electrons. The van der Waals surface area contributed by atoms with Crippen LogP contribution in [-0.2, 0) is 27.3 Å². The van der Waals surface area contributed by atoms with Gasteiger partial charge in [0.25, 0.3) is 5.56 Å². The van der Waals surface area contributed by atoms with Crippen molar-refractivity contribution >= 4 is 17.7 Å². The molecule has 1 aromatic heterocycles. The Labute approximate surface area is 155 Å². The minimum atomic E-state index is -0.255. The lowest BCUT2D eigenvalue weighted by molar-refractivity contribution is -0.147. The molecular weight excluding hydrogens is 348 g/mol. The summed E-state index contributed by atoms with van der Waals surface area (Å²) in [5.74, 6) is 0.176. The van der Waals surface area contributed by atoms with Crippen molar-refractivity contribution in [1.29, 1.82) is 0 Å². The number of H-pyrrole nitrogens is 1. The molecule has 1 aromatic rings. The number of imide groups is 1. The van der Waals surface area contributed by atoms with Gasteiger partial charge in [-0.3, -0.25) is 24.1 Å². The Morgan fingerprint density at radius 1 is 1.15 bits per heavy atom. The van der Waals surface area contributed by atoms with Gasteiger partial charge in [0.2, 0.25) is 17.7 Å². The van der Waals surface area contributed by atoms with Crippen LogP contribution in [0.5, 0.6) is 0 Å². The highest BCUT2D eigenvalue weighted by molar-refractivity contribution is 6.08. The highest BCUT2D eigenvalue weighted by atomic mass is 16.2. The fourth-order valence-electron chi connectivity index (χ4n) is 5.64. The molecule has 2 saturated carbocycles. The zero-order valence-electron chi connectivity index (χ0n) is 15.2. The monoisotopic (exact) mass is 370 g/mol. The van der Waals surface area contributed by atoms with Crippen LogP contribution in [-0.4, -0.2) is 50.6 Å². The number of hydrogen-bond acceptors (Lipinski definition) is 5. The van der Waals surface area contributed by atoms with Crippen LogP contribution >= 0.6 is 0 Å². The standard InChI is InChI=1S/C19H22N4O4/c1-9-20-13-7-22(5-4-12(13)17(25)21-9)14(24)8-23-18(26)15-10-2-3-11(6-10)16(15)19(23)27/h10-11,15-16H,2-8H2,1H3,(H,20,21,25)/t10-,11-,15+,16+/m0/s1. The number of aromatic nitrogens is 2. The van der Waals surface area contributed by atoms with Gasteiger partial charge in [-0.2, -0.15) is 0 Å². The zero-order valence-corrected chi connectivity index (χ0v) is 15.2. The highest BCUT2D eigenvalue weighted by Crippen LogP contribution is 2.56. The highest BCUT2D eigenvalue weighted by Gasteiger charge is 2.61. The van der Waals surface area contributed by atoms with Crippen LogP contribution in [0, 0.1) is 30.6 Å². The van der Waals surface area contributed by atoms with E-state index in [0.717, 1.165) is 19.3 Å². The summed E-state index contributed by atoms with van der Waals surface area (Å²) >= 11 is 0.